The molecule has 1 aromatic rings. The van der Waals surface area contributed by atoms with Crippen LogP contribution in [0.25, 0.3) is 5.57 Å². The van der Waals surface area contributed by atoms with Gasteiger partial charge in [-0.2, -0.15) is 0 Å². The van der Waals surface area contributed by atoms with Crippen LogP contribution in [0.4, 0.5) is 0 Å². The summed E-state index contributed by atoms with van der Waals surface area (Å²) in [4.78, 5) is 12.8. The van der Waals surface area contributed by atoms with Gasteiger partial charge in [-0.25, -0.2) is 4.79 Å². The first-order chi connectivity index (χ1) is 7.57. The number of carbonyl (C=O) groups is 1. The van der Waals surface area contributed by atoms with Crippen molar-refractivity contribution < 1.29 is 9.53 Å². The van der Waals surface area contributed by atoms with Gasteiger partial charge < -0.3 is 4.74 Å². The van der Waals surface area contributed by atoms with Crippen LogP contribution in [0.3, 0.4) is 0 Å². The lowest BCUT2D eigenvalue weighted by Gasteiger charge is -2.13. The quantitative estimate of drug-likeness (QED) is 0.694. The monoisotopic (exact) mass is 232 g/mol. The normalized spacial score (nSPS) is 22.1. The number of esters is 1. The molecule has 0 saturated heterocycles. The molecular formula is C13H12O2S. The van der Waals surface area contributed by atoms with E-state index in [4.69, 9.17) is 4.74 Å². The van der Waals surface area contributed by atoms with E-state index in [9.17, 15) is 4.79 Å². The second-order valence-electron chi connectivity index (χ2n) is 4.89. The van der Waals surface area contributed by atoms with Gasteiger partial charge >= 0.3 is 5.97 Å². The Balaban J connectivity index is 2.14. The van der Waals surface area contributed by atoms with Crippen LogP contribution in [0.5, 0.6) is 0 Å². The van der Waals surface area contributed by atoms with E-state index < -0.39 is 0 Å². The molecule has 0 N–H and O–H groups in total. The van der Waals surface area contributed by atoms with Gasteiger partial charge in [0.2, 0.25) is 0 Å². The molecule has 1 aromatic heterocycles. The molecule has 0 bridgehead atoms. The van der Waals surface area contributed by atoms with Crippen LogP contribution in [0, 0.1) is 5.41 Å². The molecule has 0 aromatic carbocycles. The van der Waals surface area contributed by atoms with Gasteiger partial charge in [0.25, 0.3) is 0 Å². The largest absolute Gasteiger partial charge is 0.423 e. The molecule has 3 heteroatoms. The van der Waals surface area contributed by atoms with E-state index >= 15 is 0 Å². The number of fused-ring (bicyclic) bond motifs is 1. The lowest BCUT2D eigenvalue weighted by Crippen LogP contribution is -2.05. The maximum absolute atomic E-state index is 11.8. The fraction of sp³-hybridized carbons (Fsp3) is 0.308. The van der Waals surface area contributed by atoms with E-state index in [0.717, 1.165) is 28.2 Å². The van der Waals surface area contributed by atoms with Gasteiger partial charge in [-0.15, -0.1) is 11.3 Å². The molecule has 82 valence electrons. The maximum Gasteiger partial charge on any atom is 0.345 e. The summed E-state index contributed by atoms with van der Waals surface area (Å²) in [5, 5.41) is 1.98. The zero-order valence-electron chi connectivity index (χ0n) is 9.24. The molecule has 1 aliphatic carbocycles. The van der Waals surface area contributed by atoms with Crippen LogP contribution in [0.15, 0.2) is 34.9 Å². The summed E-state index contributed by atoms with van der Waals surface area (Å²) in [6.45, 7) is 4.32. The second kappa shape index (κ2) is 3.08. The van der Waals surface area contributed by atoms with Crippen LogP contribution >= 0.6 is 11.3 Å². The van der Waals surface area contributed by atoms with E-state index in [1.54, 1.807) is 11.3 Å². The zero-order chi connectivity index (χ0) is 11.3. The van der Waals surface area contributed by atoms with Crippen LogP contribution in [0.1, 0.15) is 25.1 Å². The van der Waals surface area contributed by atoms with Crippen LogP contribution in [0.2, 0.25) is 0 Å². The molecule has 0 fully saturated rings. The summed E-state index contributed by atoms with van der Waals surface area (Å²) in [5.41, 5.74) is 1.96. The van der Waals surface area contributed by atoms with E-state index in [0.29, 0.717) is 0 Å². The van der Waals surface area contributed by atoms with Gasteiger partial charge in [0.05, 0.1) is 5.57 Å². The fourth-order valence-corrected chi connectivity index (χ4v) is 3.07. The van der Waals surface area contributed by atoms with Crippen molar-refractivity contribution in [2.75, 3.05) is 0 Å². The molecule has 0 radical (unpaired) electrons. The minimum absolute atomic E-state index is 0.105. The molecule has 16 heavy (non-hydrogen) atoms. The first-order valence-corrected chi connectivity index (χ1v) is 6.17. The number of ether oxygens (including phenoxy) is 1. The number of thiophene rings is 1. The van der Waals surface area contributed by atoms with E-state index in [1.807, 2.05) is 17.5 Å². The number of allylic oxidation sites excluding steroid dienone is 2. The van der Waals surface area contributed by atoms with Crippen LogP contribution in [-0.4, -0.2) is 5.97 Å². The van der Waals surface area contributed by atoms with Crippen molar-refractivity contribution in [1.29, 1.82) is 0 Å². The Hall–Kier alpha value is -1.35. The Morgan fingerprint density at radius 2 is 2.25 bits per heavy atom. The summed E-state index contributed by atoms with van der Waals surface area (Å²) in [7, 11) is 0. The third-order valence-corrected chi connectivity index (χ3v) is 3.82. The summed E-state index contributed by atoms with van der Waals surface area (Å²) in [6.07, 6.45) is 2.95. The Morgan fingerprint density at radius 1 is 1.44 bits per heavy atom. The van der Waals surface area contributed by atoms with Gasteiger partial charge in [-0.3, -0.25) is 0 Å². The van der Waals surface area contributed by atoms with Crippen molar-refractivity contribution in [2.24, 2.45) is 5.41 Å². The smallest absolute Gasteiger partial charge is 0.345 e. The van der Waals surface area contributed by atoms with Crippen molar-refractivity contribution in [3.05, 3.63) is 39.8 Å². The van der Waals surface area contributed by atoms with Gasteiger partial charge in [0.15, 0.2) is 0 Å². The standard InChI is InChI=1S/C13H12O2S/c1-13(2)6-8-9(7-13)15-12(14)11(8)10-4-3-5-16-10/h3-5,7H,6H2,1-2H3. The molecule has 0 saturated carbocycles. The number of carbonyl (C=O) groups excluding carboxylic acids is 1. The van der Waals surface area contributed by atoms with E-state index in [-0.39, 0.29) is 11.4 Å². The topological polar surface area (TPSA) is 26.3 Å². The molecule has 0 amide bonds. The first-order valence-electron chi connectivity index (χ1n) is 5.29. The number of rotatable bonds is 1. The molecule has 0 spiro atoms. The predicted octanol–water partition coefficient (Wildman–Crippen LogP) is 3.37. The molecule has 1 aliphatic heterocycles. The van der Waals surface area contributed by atoms with Gasteiger partial charge in [0, 0.05) is 10.5 Å². The minimum Gasteiger partial charge on any atom is -0.423 e. The SMILES string of the molecule is CC1(C)C=C2OC(=O)C(c3cccs3)=C2C1. The zero-order valence-corrected chi connectivity index (χ0v) is 10.1. The molecular weight excluding hydrogens is 220 g/mol. The Kier molecular flexibility index (Phi) is 1.89. The van der Waals surface area contributed by atoms with Crippen molar-refractivity contribution in [2.45, 2.75) is 20.3 Å². The Morgan fingerprint density at radius 3 is 2.94 bits per heavy atom. The molecule has 2 aliphatic rings. The van der Waals surface area contributed by atoms with E-state index in [1.165, 1.54) is 0 Å². The highest BCUT2D eigenvalue weighted by atomic mass is 32.1. The highest BCUT2D eigenvalue weighted by Gasteiger charge is 2.39. The third-order valence-electron chi connectivity index (χ3n) is 2.93. The van der Waals surface area contributed by atoms with E-state index in [2.05, 4.69) is 19.9 Å². The van der Waals surface area contributed by atoms with Crippen molar-refractivity contribution >= 4 is 22.9 Å². The van der Waals surface area contributed by atoms with Crippen molar-refractivity contribution in [3.63, 3.8) is 0 Å². The number of hydrogen-bond acceptors (Lipinski definition) is 3. The molecule has 2 heterocycles. The average Bonchev–Trinajstić information content (AvgIpc) is 2.79. The number of hydrogen-bond donors (Lipinski definition) is 0. The predicted molar refractivity (Wildman–Crippen MR) is 63.8 cm³/mol. The van der Waals surface area contributed by atoms with Crippen molar-refractivity contribution in [1.82, 2.24) is 0 Å². The summed E-state index contributed by atoms with van der Waals surface area (Å²) in [6, 6.07) is 3.94. The van der Waals surface area contributed by atoms with Gasteiger partial charge in [-0.05, 0) is 29.4 Å². The summed E-state index contributed by atoms with van der Waals surface area (Å²) < 4.78 is 5.31. The summed E-state index contributed by atoms with van der Waals surface area (Å²) >= 11 is 1.59. The molecule has 2 nitrogen and oxygen atoms in total. The second-order valence-corrected chi connectivity index (χ2v) is 5.84. The lowest BCUT2D eigenvalue weighted by molar-refractivity contribution is -0.131. The van der Waals surface area contributed by atoms with Gasteiger partial charge in [0.1, 0.15) is 5.76 Å². The van der Waals surface area contributed by atoms with Gasteiger partial charge in [-0.1, -0.05) is 19.9 Å². The molecule has 0 unspecified atom stereocenters. The fourth-order valence-electron chi connectivity index (χ4n) is 2.28. The highest BCUT2D eigenvalue weighted by Crippen LogP contribution is 2.47. The van der Waals surface area contributed by atoms with Crippen molar-refractivity contribution in [3.8, 4) is 0 Å². The Bertz CT molecular complexity index is 518. The molecule has 3 rings (SSSR count). The first kappa shape index (κ1) is 9.85. The lowest BCUT2D eigenvalue weighted by atomic mass is 9.91. The van der Waals surface area contributed by atoms with Crippen LogP contribution < -0.4 is 0 Å². The highest BCUT2D eigenvalue weighted by molar-refractivity contribution is 7.11. The summed E-state index contributed by atoms with van der Waals surface area (Å²) in [5.74, 6) is 0.581. The van der Waals surface area contributed by atoms with Crippen LogP contribution in [-0.2, 0) is 9.53 Å². The molecule has 0 atom stereocenters. The minimum atomic E-state index is -0.195. The maximum atomic E-state index is 11.8. The average molecular weight is 232 g/mol. The Labute approximate surface area is 98.2 Å². The third kappa shape index (κ3) is 1.35.